The van der Waals surface area contributed by atoms with Gasteiger partial charge in [0.15, 0.2) is 5.76 Å². The highest BCUT2D eigenvalue weighted by molar-refractivity contribution is 5.91. The Morgan fingerprint density at radius 2 is 2.11 bits per heavy atom. The van der Waals surface area contributed by atoms with Gasteiger partial charge in [-0.1, -0.05) is 6.92 Å². The summed E-state index contributed by atoms with van der Waals surface area (Å²) in [7, 11) is 3.04. The Morgan fingerprint density at radius 3 is 2.67 bits per heavy atom. The molecule has 0 aliphatic carbocycles. The van der Waals surface area contributed by atoms with Crippen LogP contribution in [0.2, 0.25) is 0 Å². The second-order valence-corrected chi connectivity index (χ2v) is 4.03. The molecule has 0 saturated heterocycles. The van der Waals surface area contributed by atoms with Crippen molar-refractivity contribution >= 4 is 11.9 Å². The third-order valence-corrected chi connectivity index (χ3v) is 2.67. The molecule has 1 aromatic heterocycles. The molecular weight excluding hydrogens is 234 g/mol. The van der Waals surface area contributed by atoms with Crippen LogP contribution in [0.4, 0.5) is 0 Å². The van der Waals surface area contributed by atoms with Crippen molar-refractivity contribution < 1.29 is 18.7 Å². The lowest BCUT2D eigenvalue weighted by Crippen LogP contribution is -2.27. The predicted molar refractivity (Wildman–Crippen MR) is 66.3 cm³/mol. The van der Waals surface area contributed by atoms with E-state index in [1.807, 2.05) is 6.92 Å². The summed E-state index contributed by atoms with van der Waals surface area (Å²) in [6.07, 6.45) is 1.65. The Kier molecular flexibility index (Phi) is 5.42. The zero-order valence-electron chi connectivity index (χ0n) is 11.1. The second kappa shape index (κ2) is 6.83. The van der Waals surface area contributed by atoms with Gasteiger partial charge in [-0.15, -0.1) is 0 Å². The average Bonchev–Trinajstić information content (AvgIpc) is 2.86. The molecule has 0 atom stereocenters. The zero-order valence-corrected chi connectivity index (χ0v) is 11.1. The number of carbonyl (C=O) groups is 2. The normalized spacial score (nSPS) is 10.2. The molecule has 0 N–H and O–H groups in total. The number of ether oxygens (including phenoxy) is 1. The van der Waals surface area contributed by atoms with Crippen LogP contribution in [0.1, 0.15) is 36.1 Å². The van der Waals surface area contributed by atoms with Crippen molar-refractivity contribution in [3.8, 4) is 0 Å². The second-order valence-electron chi connectivity index (χ2n) is 4.03. The average molecular weight is 253 g/mol. The molecule has 5 nitrogen and oxygen atoms in total. The van der Waals surface area contributed by atoms with Crippen LogP contribution in [-0.4, -0.2) is 37.5 Å². The number of carbonyl (C=O) groups excluding carboxylic acids is 2. The number of hydrogen-bond acceptors (Lipinski definition) is 4. The lowest BCUT2D eigenvalue weighted by Gasteiger charge is -2.15. The molecule has 0 unspecified atom stereocenters. The lowest BCUT2D eigenvalue weighted by atomic mass is 10.3. The number of rotatable bonds is 6. The first kappa shape index (κ1) is 14.3. The molecule has 0 saturated carbocycles. The Morgan fingerprint density at radius 1 is 1.39 bits per heavy atom. The number of methoxy groups -OCH3 is 1. The fourth-order valence-electron chi connectivity index (χ4n) is 1.54. The maximum Gasteiger partial charge on any atom is 0.305 e. The minimum absolute atomic E-state index is 0.167. The highest BCUT2D eigenvalue weighted by atomic mass is 16.5. The van der Waals surface area contributed by atoms with Crippen molar-refractivity contribution in [1.82, 2.24) is 4.90 Å². The van der Waals surface area contributed by atoms with Crippen LogP contribution in [-0.2, 0) is 16.0 Å². The molecule has 0 aromatic carbocycles. The third-order valence-electron chi connectivity index (χ3n) is 2.67. The molecule has 5 heteroatoms. The van der Waals surface area contributed by atoms with Gasteiger partial charge in [-0.3, -0.25) is 9.59 Å². The fraction of sp³-hybridized carbons (Fsp3) is 0.538. The van der Waals surface area contributed by atoms with Gasteiger partial charge in [-0.2, -0.15) is 0 Å². The van der Waals surface area contributed by atoms with Crippen LogP contribution in [0.25, 0.3) is 0 Å². The molecule has 100 valence electrons. The van der Waals surface area contributed by atoms with E-state index in [0.717, 1.165) is 12.2 Å². The van der Waals surface area contributed by atoms with Gasteiger partial charge in [-0.05, 0) is 18.6 Å². The van der Waals surface area contributed by atoms with Gasteiger partial charge in [0, 0.05) is 26.4 Å². The monoisotopic (exact) mass is 253 g/mol. The highest BCUT2D eigenvalue weighted by Crippen LogP contribution is 2.11. The van der Waals surface area contributed by atoms with E-state index >= 15 is 0 Å². The SMILES string of the molecule is CCc1ccc(C(=O)N(C)CCCC(=O)OC)o1. The van der Waals surface area contributed by atoms with E-state index in [0.29, 0.717) is 25.1 Å². The standard InChI is InChI=1S/C13H19NO4/c1-4-10-7-8-11(18-10)13(16)14(2)9-5-6-12(15)17-3/h7-8H,4-6,9H2,1-3H3. The van der Waals surface area contributed by atoms with Crippen LogP contribution in [0.5, 0.6) is 0 Å². The molecule has 0 radical (unpaired) electrons. The molecule has 0 fully saturated rings. The molecule has 1 heterocycles. The van der Waals surface area contributed by atoms with E-state index in [1.54, 1.807) is 24.1 Å². The van der Waals surface area contributed by atoms with E-state index in [4.69, 9.17) is 4.42 Å². The molecule has 1 aromatic rings. The highest BCUT2D eigenvalue weighted by Gasteiger charge is 2.15. The number of aryl methyl sites for hydroxylation is 1. The quantitative estimate of drug-likeness (QED) is 0.726. The van der Waals surface area contributed by atoms with Gasteiger partial charge >= 0.3 is 5.97 Å². The Hall–Kier alpha value is -1.78. The van der Waals surface area contributed by atoms with Gasteiger partial charge in [0.25, 0.3) is 5.91 Å². The van der Waals surface area contributed by atoms with Crippen molar-refractivity contribution in [1.29, 1.82) is 0 Å². The minimum Gasteiger partial charge on any atom is -0.469 e. The van der Waals surface area contributed by atoms with E-state index in [9.17, 15) is 9.59 Å². The number of nitrogens with zero attached hydrogens (tertiary/aromatic N) is 1. The summed E-state index contributed by atoms with van der Waals surface area (Å²) < 4.78 is 9.92. The maximum absolute atomic E-state index is 11.9. The molecule has 1 rings (SSSR count). The molecule has 0 aliphatic rings. The largest absolute Gasteiger partial charge is 0.469 e. The van der Waals surface area contributed by atoms with Crippen molar-refractivity contribution in [2.75, 3.05) is 20.7 Å². The molecule has 0 spiro atoms. The van der Waals surface area contributed by atoms with Gasteiger partial charge in [0.1, 0.15) is 5.76 Å². The summed E-state index contributed by atoms with van der Waals surface area (Å²) in [6.45, 7) is 2.46. The Balaban J connectivity index is 2.43. The van der Waals surface area contributed by atoms with Gasteiger partial charge < -0.3 is 14.1 Å². The van der Waals surface area contributed by atoms with Crippen LogP contribution < -0.4 is 0 Å². The molecule has 18 heavy (non-hydrogen) atoms. The maximum atomic E-state index is 11.9. The van der Waals surface area contributed by atoms with Crippen LogP contribution in [0.15, 0.2) is 16.5 Å². The number of furan rings is 1. The molecule has 1 amide bonds. The summed E-state index contributed by atoms with van der Waals surface area (Å²) in [5, 5.41) is 0. The zero-order chi connectivity index (χ0) is 13.5. The Bertz CT molecular complexity index is 411. The van der Waals surface area contributed by atoms with E-state index in [-0.39, 0.29) is 11.9 Å². The first-order valence-electron chi connectivity index (χ1n) is 5.99. The van der Waals surface area contributed by atoms with Gasteiger partial charge in [-0.25, -0.2) is 0 Å². The molecule has 0 bridgehead atoms. The lowest BCUT2D eigenvalue weighted by molar-refractivity contribution is -0.140. The van der Waals surface area contributed by atoms with Gasteiger partial charge in [0.05, 0.1) is 7.11 Å². The van der Waals surface area contributed by atoms with Crippen molar-refractivity contribution in [2.24, 2.45) is 0 Å². The van der Waals surface area contributed by atoms with Crippen LogP contribution >= 0.6 is 0 Å². The number of esters is 1. The first-order chi connectivity index (χ1) is 8.58. The topological polar surface area (TPSA) is 59.8 Å². The third kappa shape index (κ3) is 3.91. The Labute approximate surface area is 107 Å². The summed E-state index contributed by atoms with van der Waals surface area (Å²) >= 11 is 0. The predicted octanol–water partition coefficient (Wildman–Crippen LogP) is 1.87. The summed E-state index contributed by atoms with van der Waals surface area (Å²) in [4.78, 5) is 24.4. The summed E-state index contributed by atoms with van der Waals surface area (Å²) in [5.41, 5.74) is 0. The van der Waals surface area contributed by atoms with Crippen molar-refractivity contribution in [3.05, 3.63) is 23.7 Å². The summed E-state index contributed by atoms with van der Waals surface area (Å²) in [6, 6.07) is 3.48. The van der Waals surface area contributed by atoms with Crippen LogP contribution in [0.3, 0.4) is 0 Å². The van der Waals surface area contributed by atoms with E-state index in [2.05, 4.69) is 4.74 Å². The first-order valence-corrected chi connectivity index (χ1v) is 5.99. The van der Waals surface area contributed by atoms with Crippen molar-refractivity contribution in [2.45, 2.75) is 26.2 Å². The minimum atomic E-state index is -0.262. The van der Waals surface area contributed by atoms with Crippen molar-refractivity contribution in [3.63, 3.8) is 0 Å². The van der Waals surface area contributed by atoms with Crippen LogP contribution in [0, 0.1) is 0 Å². The molecule has 0 aliphatic heterocycles. The molecular formula is C13H19NO4. The van der Waals surface area contributed by atoms with Gasteiger partial charge in [0.2, 0.25) is 0 Å². The summed E-state index contributed by atoms with van der Waals surface area (Å²) in [5.74, 6) is 0.704. The smallest absolute Gasteiger partial charge is 0.305 e. The van der Waals surface area contributed by atoms with E-state index in [1.165, 1.54) is 7.11 Å². The van der Waals surface area contributed by atoms with E-state index < -0.39 is 0 Å². The number of hydrogen-bond donors (Lipinski definition) is 0. The fourth-order valence-corrected chi connectivity index (χ4v) is 1.54. The number of amides is 1.